The summed E-state index contributed by atoms with van der Waals surface area (Å²) in [6.45, 7) is 13.2. The maximum atomic E-state index is 14.3. The molecular weight excluding hydrogens is 941 g/mol. The van der Waals surface area contributed by atoms with Gasteiger partial charge in [-0.1, -0.05) is 114 Å². The minimum absolute atomic E-state index is 0.154. The van der Waals surface area contributed by atoms with Gasteiger partial charge in [-0.25, -0.2) is 0 Å². The fourth-order valence-corrected chi connectivity index (χ4v) is 13.4. The average molecular weight is 1020 g/mol. The smallest absolute Gasteiger partial charge is 0.246 e. The third kappa shape index (κ3) is 14.7. The number of benzene rings is 2. The monoisotopic (exact) mass is 1020 g/mol. The molecule has 0 bridgehead atoms. The Balaban J connectivity index is 0.934. The van der Waals surface area contributed by atoms with E-state index in [4.69, 9.17) is 15.2 Å². The Morgan fingerprint density at radius 2 is 1.04 bits per heavy atom. The van der Waals surface area contributed by atoms with Crippen LogP contribution in [-0.4, -0.2) is 137 Å². The van der Waals surface area contributed by atoms with Gasteiger partial charge >= 0.3 is 0 Å². The van der Waals surface area contributed by atoms with Crippen LogP contribution in [-0.2, 0) is 38.2 Å². The third-order valence-electron chi connectivity index (χ3n) is 14.4. The van der Waals surface area contributed by atoms with Crippen LogP contribution in [0.15, 0.2) is 60.7 Å². The highest BCUT2D eigenvalue weighted by Crippen LogP contribution is 2.48. The highest BCUT2D eigenvalue weighted by molar-refractivity contribution is 8.00. The zero-order chi connectivity index (χ0) is 51.3. The van der Waals surface area contributed by atoms with Crippen LogP contribution in [0.1, 0.15) is 129 Å². The highest BCUT2D eigenvalue weighted by atomic mass is 32.2. The van der Waals surface area contributed by atoms with Gasteiger partial charge in [0.25, 0.3) is 0 Å². The molecule has 2 aromatic rings. The maximum Gasteiger partial charge on any atom is 0.246 e. The number of hydrogen-bond acceptors (Lipinski definition) is 12. The van der Waals surface area contributed by atoms with Crippen molar-refractivity contribution in [3.05, 3.63) is 71.8 Å². The number of nitrogens with one attached hydrogen (secondary N) is 5. The van der Waals surface area contributed by atoms with E-state index in [0.717, 1.165) is 49.7 Å². The zero-order valence-corrected chi connectivity index (χ0v) is 44.5. The number of fused-ring (bicyclic) bond motifs is 2. The summed E-state index contributed by atoms with van der Waals surface area (Å²) in [5.74, 6) is -0.153. The first-order valence-corrected chi connectivity index (χ1v) is 27.8. The lowest BCUT2D eigenvalue weighted by molar-refractivity contribution is -0.144. The first kappa shape index (κ1) is 56.1. The Labute approximate surface area is 429 Å². The molecule has 6 amide bonds. The van der Waals surface area contributed by atoms with Gasteiger partial charge in [-0.15, -0.1) is 23.5 Å². The minimum atomic E-state index is -0.748. The van der Waals surface area contributed by atoms with E-state index in [1.54, 1.807) is 54.2 Å². The predicted octanol–water partition coefficient (Wildman–Crippen LogP) is 5.18. The molecule has 4 aliphatic rings. The van der Waals surface area contributed by atoms with E-state index in [-0.39, 0.29) is 52.8 Å². The summed E-state index contributed by atoms with van der Waals surface area (Å²) in [5.41, 5.74) is 6.68. The second kappa shape index (κ2) is 26.1. The van der Waals surface area contributed by atoms with Crippen LogP contribution < -0.4 is 32.3 Å². The number of amides is 6. The summed E-state index contributed by atoms with van der Waals surface area (Å²) >= 11 is 3.33. The molecule has 392 valence electrons. The van der Waals surface area contributed by atoms with E-state index < -0.39 is 59.2 Å². The number of hydrogen-bond donors (Lipinski definition) is 6. The van der Waals surface area contributed by atoms with Crippen LogP contribution in [0.25, 0.3) is 0 Å². The second-order valence-electron chi connectivity index (χ2n) is 21.0. The lowest BCUT2D eigenvalue weighted by Gasteiger charge is -2.35. The summed E-state index contributed by atoms with van der Waals surface area (Å²) in [6, 6.07) is 14.7. The van der Waals surface area contributed by atoms with Gasteiger partial charge in [0.05, 0.1) is 48.1 Å². The molecule has 4 saturated heterocycles. The van der Waals surface area contributed by atoms with E-state index in [1.807, 2.05) is 88.4 Å². The van der Waals surface area contributed by atoms with Crippen LogP contribution in [0.2, 0.25) is 0 Å². The SMILES string of the molecule is CN[C@@H](C)C(=O)N[C@H]1CCS[C@H]2CC(C)(C)[C@@H](C(=O)N[C@H](COCCCCCCCCOC[C@@H](NC(=O)[C@H]3N4C(=O)[C@@H](NC(=O)[C@H](C)N)CCS[C@H]4CC3(C)C)c3ccccc3)c3ccccc3)N2C1=O. The average Bonchev–Trinajstić information content (AvgIpc) is 3.66. The number of thioether (sulfide) groups is 2. The van der Waals surface area contributed by atoms with Crippen LogP contribution in [0.5, 0.6) is 0 Å². The number of likely N-dealkylation sites (N-methyl/N-ethyl adjacent to an activating group) is 1. The van der Waals surface area contributed by atoms with Crippen molar-refractivity contribution in [3.63, 3.8) is 0 Å². The molecule has 0 aromatic heterocycles. The Bertz CT molecular complexity index is 2100. The number of nitrogens with zero attached hydrogens (tertiary/aromatic N) is 2. The Morgan fingerprint density at radius 3 is 1.44 bits per heavy atom. The number of nitrogens with two attached hydrogens (primary N) is 1. The Kier molecular flexibility index (Phi) is 20.7. The molecule has 10 atom stereocenters. The molecule has 0 aliphatic carbocycles. The van der Waals surface area contributed by atoms with Crippen molar-refractivity contribution >= 4 is 59.0 Å². The molecule has 2 aromatic carbocycles. The fraction of sp³-hybridized carbons (Fsp3) is 0.660. The van der Waals surface area contributed by atoms with Gasteiger partial charge in [0.15, 0.2) is 0 Å². The molecule has 6 rings (SSSR count). The number of carbonyl (C=O) groups is 6. The second-order valence-corrected chi connectivity index (χ2v) is 23.6. The summed E-state index contributed by atoms with van der Waals surface area (Å²) < 4.78 is 12.4. The van der Waals surface area contributed by atoms with Gasteiger partial charge in [0.1, 0.15) is 24.2 Å². The van der Waals surface area contributed by atoms with Crippen LogP contribution >= 0.6 is 23.5 Å². The standard InChI is InChI=1S/C53H80N8O8S2/c1-34(54)46(62)56-38-24-28-70-42-30-52(3,4)44(60(42)50(38)66)48(64)58-40(36-20-14-12-15-21-36)32-68-26-18-10-8-9-11-19-27-69-33-41(37-22-16-13-17-23-37)59-49(65)45-53(5,6)31-43-61(45)51(67)39(25-29-71-43)57-47(63)35(2)55-7/h12-17,20-23,34-35,38-45,55H,8-11,18-19,24-33,54H2,1-7H3,(H,56,62)(H,57,63)(H,58,64)(H,59,65)/t34-,35-,38-,39-,40+,41+,42-,43-,44+,45+/m0/s1. The van der Waals surface area contributed by atoms with Crippen molar-refractivity contribution in [3.8, 4) is 0 Å². The highest BCUT2D eigenvalue weighted by Gasteiger charge is 2.56. The lowest BCUT2D eigenvalue weighted by atomic mass is 9.83. The van der Waals surface area contributed by atoms with E-state index in [2.05, 4.69) is 26.6 Å². The van der Waals surface area contributed by atoms with Gasteiger partial charge in [-0.3, -0.25) is 28.8 Å². The molecule has 4 heterocycles. The summed E-state index contributed by atoms with van der Waals surface area (Å²) in [7, 11) is 1.71. The largest absolute Gasteiger partial charge is 0.379 e. The predicted molar refractivity (Wildman–Crippen MR) is 280 cm³/mol. The number of carbonyl (C=O) groups excluding carboxylic acids is 6. The molecule has 0 unspecified atom stereocenters. The molecule has 7 N–H and O–H groups in total. The summed E-state index contributed by atoms with van der Waals surface area (Å²) in [5, 5.41) is 14.9. The lowest BCUT2D eigenvalue weighted by Crippen LogP contribution is -2.58. The fourth-order valence-electron chi connectivity index (χ4n) is 10.3. The van der Waals surface area contributed by atoms with Crippen molar-refractivity contribution in [2.45, 2.75) is 165 Å². The van der Waals surface area contributed by atoms with Crippen molar-refractivity contribution in [2.75, 3.05) is 45.0 Å². The van der Waals surface area contributed by atoms with E-state index >= 15 is 0 Å². The van der Waals surface area contributed by atoms with Crippen molar-refractivity contribution < 1.29 is 38.2 Å². The minimum Gasteiger partial charge on any atom is -0.379 e. The first-order valence-electron chi connectivity index (χ1n) is 25.7. The number of ether oxygens (including phenoxy) is 2. The van der Waals surface area contributed by atoms with Crippen molar-refractivity contribution in [1.82, 2.24) is 36.4 Å². The van der Waals surface area contributed by atoms with Crippen molar-refractivity contribution in [2.24, 2.45) is 16.6 Å². The Morgan fingerprint density at radius 1 is 0.648 bits per heavy atom. The molecule has 0 spiro atoms. The van der Waals surface area contributed by atoms with Crippen LogP contribution in [0.3, 0.4) is 0 Å². The Hall–Kier alpha value is -4.20. The number of unbranched alkanes of at least 4 members (excludes halogenated alkanes) is 5. The van der Waals surface area contributed by atoms with Gasteiger partial charge < -0.3 is 51.6 Å². The first-order chi connectivity index (χ1) is 33.9. The normalized spacial score (nSPS) is 25.4. The van der Waals surface area contributed by atoms with Gasteiger partial charge in [0, 0.05) is 13.2 Å². The maximum absolute atomic E-state index is 14.3. The van der Waals surface area contributed by atoms with Crippen LogP contribution in [0, 0.1) is 10.8 Å². The van der Waals surface area contributed by atoms with Gasteiger partial charge in [0.2, 0.25) is 35.4 Å². The third-order valence-corrected chi connectivity index (χ3v) is 16.9. The number of rotatable bonds is 24. The topological polar surface area (TPSA) is 214 Å². The van der Waals surface area contributed by atoms with E-state index in [9.17, 15) is 28.8 Å². The molecule has 16 nitrogen and oxygen atoms in total. The summed E-state index contributed by atoms with van der Waals surface area (Å²) in [6.07, 6.45) is 8.16. The molecule has 0 saturated carbocycles. The molecule has 18 heteroatoms. The molecular formula is C53H80N8O8S2. The van der Waals surface area contributed by atoms with Gasteiger partial charge in [-0.05, 0) is 92.9 Å². The molecule has 4 aliphatic heterocycles. The van der Waals surface area contributed by atoms with E-state index in [0.29, 0.717) is 57.0 Å². The van der Waals surface area contributed by atoms with E-state index in [1.165, 1.54) is 0 Å². The molecule has 71 heavy (non-hydrogen) atoms. The summed E-state index contributed by atoms with van der Waals surface area (Å²) in [4.78, 5) is 85.5. The molecule has 4 fully saturated rings. The zero-order valence-electron chi connectivity index (χ0n) is 42.9. The van der Waals surface area contributed by atoms with Crippen molar-refractivity contribution in [1.29, 1.82) is 0 Å². The molecule has 0 radical (unpaired) electrons. The quantitative estimate of drug-likeness (QED) is 0.0752. The van der Waals surface area contributed by atoms with Gasteiger partial charge in [-0.2, -0.15) is 0 Å². The van der Waals surface area contributed by atoms with Crippen LogP contribution in [0.4, 0.5) is 0 Å².